The smallest absolute Gasteiger partial charge is 0.185 e. The molecule has 6 heteroatoms. The van der Waals surface area contributed by atoms with E-state index < -0.39 is 6.10 Å². The Morgan fingerprint density at radius 2 is 2.13 bits per heavy atom. The van der Waals surface area contributed by atoms with E-state index >= 15 is 0 Å². The van der Waals surface area contributed by atoms with Crippen LogP contribution >= 0.6 is 11.3 Å². The van der Waals surface area contributed by atoms with Crippen LogP contribution in [0.5, 0.6) is 5.75 Å². The fourth-order valence-corrected chi connectivity index (χ4v) is 3.44. The Morgan fingerprint density at radius 3 is 2.83 bits per heavy atom. The molecule has 1 saturated heterocycles. The van der Waals surface area contributed by atoms with Gasteiger partial charge in [0.15, 0.2) is 5.13 Å². The molecule has 1 aliphatic heterocycles. The molecule has 0 saturated carbocycles. The zero-order valence-corrected chi connectivity index (χ0v) is 14.2. The Morgan fingerprint density at radius 1 is 1.30 bits per heavy atom. The van der Waals surface area contributed by atoms with E-state index in [9.17, 15) is 5.11 Å². The van der Waals surface area contributed by atoms with Gasteiger partial charge in [-0.25, -0.2) is 4.98 Å². The van der Waals surface area contributed by atoms with Gasteiger partial charge in [-0.15, -0.1) is 11.3 Å². The molecule has 0 amide bonds. The van der Waals surface area contributed by atoms with Crippen molar-refractivity contribution in [3.05, 3.63) is 41.4 Å². The number of aryl methyl sites for hydroxylation is 1. The molecular formula is C17H23N3O2S. The Hall–Kier alpha value is -1.63. The summed E-state index contributed by atoms with van der Waals surface area (Å²) in [6.45, 7) is 6.82. The largest absolute Gasteiger partial charge is 0.491 e. The summed E-state index contributed by atoms with van der Waals surface area (Å²) in [7, 11) is 0. The number of hydrogen-bond acceptors (Lipinski definition) is 6. The highest BCUT2D eigenvalue weighted by Crippen LogP contribution is 2.19. The van der Waals surface area contributed by atoms with E-state index in [4.69, 9.17) is 4.74 Å². The summed E-state index contributed by atoms with van der Waals surface area (Å²) in [6.07, 6.45) is 1.38. The summed E-state index contributed by atoms with van der Waals surface area (Å²) in [6, 6.07) is 7.91. The third-order valence-corrected chi connectivity index (χ3v) is 4.80. The Labute approximate surface area is 141 Å². The third kappa shape index (κ3) is 4.67. The summed E-state index contributed by atoms with van der Waals surface area (Å²) in [5.74, 6) is 0.817. The molecule has 2 heterocycles. The molecule has 0 unspecified atom stereocenters. The molecule has 1 aliphatic rings. The quantitative estimate of drug-likeness (QED) is 0.876. The summed E-state index contributed by atoms with van der Waals surface area (Å²) in [4.78, 5) is 8.94. The van der Waals surface area contributed by atoms with Gasteiger partial charge in [0.25, 0.3) is 0 Å². The molecule has 0 radical (unpaired) electrons. The van der Waals surface area contributed by atoms with Crippen LogP contribution < -0.4 is 9.64 Å². The van der Waals surface area contributed by atoms with E-state index in [0.29, 0.717) is 13.2 Å². The van der Waals surface area contributed by atoms with Crippen molar-refractivity contribution in [2.24, 2.45) is 0 Å². The first-order valence-electron chi connectivity index (χ1n) is 7.95. The predicted molar refractivity (Wildman–Crippen MR) is 93.4 cm³/mol. The second-order valence-corrected chi connectivity index (χ2v) is 6.76. The zero-order chi connectivity index (χ0) is 16.1. The highest BCUT2D eigenvalue weighted by molar-refractivity contribution is 7.13. The number of ether oxygens (including phenoxy) is 1. The lowest BCUT2D eigenvalue weighted by Gasteiger charge is -2.35. The van der Waals surface area contributed by atoms with Crippen LogP contribution in [0.3, 0.4) is 0 Å². The number of aliphatic hydroxyl groups excluding tert-OH is 1. The molecule has 1 fully saturated rings. The summed E-state index contributed by atoms with van der Waals surface area (Å²) < 4.78 is 5.67. The highest BCUT2D eigenvalue weighted by Gasteiger charge is 2.20. The number of anilines is 1. The van der Waals surface area contributed by atoms with Crippen molar-refractivity contribution in [2.75, 3.05) is 44.2 Å². The standard InChI is InChI=1S/C17H23N3O2S/c1-14-3-2-4-16(11-14)22-13-15(21)12-19-6-8-20(9-7-19)17-18-5-10-23-17/h2-5,10-11,15,21H,6-9,12-13H2,1H3/t15-/m0/s1. The highest BCUT2D eigenvalue weighted by atomic mass is 32.1. The van der Waals surface area contributed by atoms with Crippen LogP contribution in [-0.2, 0) is 0 Å². The lowest BCUT2D eigenvalue weighted by atomic mass is 10.2. The van der Waals surface area contributed by atoms with Gasteiger partial charge in [0, 0.05) is 44.3 Å². The van der Waals surface area contributed by atoms with Gasteiger partial charge in [-0.05, 0) is 24.6 Å². The first-order chi connectivity index (χ1) is 11.2. The Bertz CT molecular complexity index is 598. The van der Waals surface area contributed by atoms with E-state index in [1.54, 1.807) is 11.3 Å². The maximum atomic E-state index is 10.2. The van der Waals surface area contributed by atoms with Crippen molar-refractivity contribution in [3.8, 4) is 5.75 Å². The number of nitrogens with zero attached hydrogens (tertiary/aromatic N) is 3. The van der Waals surface area contributed by atoms with Crippen molar-refractivity contribution in [1.82, 2.24) is 9.88 Å². The SMILES string of the molecule is Cc1cccc(OC[C@@H](O)CN2CCN(c3nccs3)CC2)c1. The van der Waals surface area contributed by atoms with Crippen molar-refractivity contribution in [3.63, 3.8) is 0 Å². The fraction of sp³-hybridized carbons (Fsp3) is 0.471. The molecule has 0 bridgehead atoms. The van der Waals surface area contributed by atoms with Crippen LogP contribution in [0.15, 0.2) is 35.8 Å². The number of piperazine rings is 1. The molecule has 1 atom stereocenters. The van der Waals surface area contributed by atoms with E-state index in [1.165, 1.54) is 0 Å². The van der Waals surface area contributed by atoms with Crippen LogP contribution in [0.4, 0.5) is 5.13 Å². The molecular weight excluding hydrogens is 310 g/mol. The number of aliphatic hydroxyl groups is 1. The fourth-order valence-electron chi connectivity index (χ4n) is 2.74. The van der Waals surface area contributed by atoms with Gasteiger partial charge in [0.1, 0.15) is 18.5 Å². The molecule has 124 valence electrons. The molecule has 3 rings (SSSR count). The topological polar surface area (TPSA) is 48.8 Å². The summed E-state index contributed by atoms with van der Waals surface area (Å²) in [5.41, 5.74) is 1.16. The first-order valence-corrected chi connectivity index (χ1v) is 8.83. The molecule has 5 nitrogen and oxygen atoms in total. The van der Waals surface area contributed by atoms with Crippen molar-refractivity contribution in [2.45, 2.75) is 13.0 Å². The second kappa shape index (κ2) is 7.77. The zero-order valence-electron chi connectivity index (χ0n) is 13.4. The number of benzene rings is 1. The average Bonchev–Trinajstić information content (AvgIpc) is 3.08. The first kappa shape index (κ1) is 16.2. The minimum absolute atomic E-state index is 0.330. The lowest BCUT2D eigenvalue weighted by molar-refractivity contribution is 0.0663. The number of β-amino-alcohol motifs (C(OH)–C–C–N with tert-alkyl or cyclic N) is 1. The van der Waals surface area contributed by atoms with E-state index in [1.807, 2.05) is 42.8 Å². The molecule has 0 spiro atoms. The number of aromatic nitrogens is 1. The number of hydrogen-bond donors (Lipinski definition) is 1. The molecule has 0 aliphatic carbocycles. The second-order valence-electron chi connectivity index (χ2n) is 5.88. The lowest BCUT2D eigenvalue weighted by Crippen LogP contribution is -2.49. The van der Waals surface area contributed by atoms with Crippen LogP contribution in [0.2, 0.25) is 0 Å². The maximum absolute atomic E-state index is 10.2. The minimum Gasteiger partial charge on any atom is -0.491 e. The van der Waals surface area contributed by atoms with Crippen LogP contribution in [0.25, 0.3) is 0 Å². The van der Waals surface area contributed by atoms with Crippen LogP contribution in [0.1, 0.15) is 5.56 Å². The predicted octanol–water partition coefficient (Wildman–Crippen LogP) is 2.01. The Balaban J connectivity index is 1.40. The number of thiazole rings is 1. The van der Waals surface area contributed by atoms with Gasteiger partial charge in [-0.2, -0.15) is 0 Å². The Kier molecular flexibility index (Phi) is 5.48. The van der Waals surface area contributed by atoms with Crippen molar-refractivity contribution >= 4 is 16.5 Å². The van der Waals surface area contributed by atoms with E-state index in [2.05, 4.69) is 14.8 Å². The molecule has 2 aromatic rings. The van der Waals surface area contributed by atoms with Crippen molar-refractivity contribution in [1.29, 1.82) is 0 Å². The van der Waals surface area contributed by atoms with Crippen LogP contribution in [-0.4, -0.2) is 60.4 Å². The third-order valence-electron chi connectivity index (χ3n) is 3.96. The van der Waals surface area contributed by atoms with Gasteiger partial charge in [-0.3, -0.25) is 4.90 Å². The van der Waals surface area contributed by atoms with Gasteiger partial charge < -0.3 is 14.7 Å². The average molecular weight is 333 g/mol. The minimum atomic E-state index is -0.470. The van der Waals surface area contributed by atoms with Gasteiger partial charge in [0.2, 0.25) is 0 Å². The maximum Gasteiger partial charge on any atom is 0.185 e. The van der Waals surface area contributed by atoms with Gasteiger partial charge in [-0.1, -0.05) is 12.1 Å². The number of rotatable bonds is 6. The van der Waals surface area contributed by atoms with Gasteiger partial charge in [0.05, 0.1) is 0 Å². The van der Waals surface area contributed by atoms with Crippen LogP contribution in [0, 0.1) is 6.92 Å². The molecule has 23 heavy (non-hydrogen) atoms. The van der Waals surface area contributed by atoms with Gasteiger partial charge >= 0.3 is 0 Å². The summed E-state index contributed by atoms with van der Waals surface area (Å²) in [5, 5.41) is 13.3. The van der Waals surface area contributed by atoms with E-state index in [-0.39, 0.29) is 0 Å². The molecule has 1 aromatic heterocycles. The van der Waals surface area contributed by atoms with E-state index in [0.717, 1.165) is 42.6 Å². The normalized spacial score (nSPS) is 17.2. The molecule has 1 aromatic carbocycles. The summed E-state index contributed by atoms with van der Waals surface area (Å²) >= 11 is 1.68. The van der Waals surface area contributed by atoms with Crippen molar-refractivity contribution < 1.29 is 9.84 Å². The monoisotopic (exact) mass is 333 g/mol. The molecule has 1 N–H and O–H groups in total.